The first-order valence-corrected chi connectivity index (χ1v) is 9.23. The Kier molecular flexibility index (Phi) is 4.49. The van der Waals surface area contributed by atoms with Crippen LogP contribution in [0.4, 0.5) is 0 Å². The average molecular weight is 425 g/mol. The fourth-order valence-electron chi connectivity index (χ4n) is 3.01. The van der Waals surface area contributed by atoms with E-state index in [0.29, 0.717) is 22.4 Å². The van der Waals surface area contributed by atoms with Gasteiger partial charge in [0.2, 0.25) is 0 Å². The summed E-state index contributed by atoms with van der Waals surface area (Å²) in [6.45, 7) is 4.31. The summed E-state index contributed by atoms with van der Waals surface area (Å²) in [4.78, 5) is 16.9. The standard InChI is InChI=1S/C19H17BrN6O/c1-12-15(13(2)26(23-12)14-7-4-3-5-8-14)11-22-19(27)17-16(20)18-21-9-6-10-25(18)24-17/h3-10H,11H2,1-2H3,(H,22,27). The van der Waals surface area contributed by atoms with Gasteiger partial charge in [0.15, 0.2) is 11.3 Å². The lowest BCUT2D eigenvalue weighted by Gasteiger charge is -2.06. The fourth-order valence-corrected chi connectivity index (χ4v) is 3.55. The molecule has 3 heterocycles. The van der Waals surface area contributed by atoms with Crippen molar-refractivity contribution in [2.45, 2.75) is 20.4 Å². The van der Waals surface area contributed by atoms with Crippen LogP contribution in [0.5, 0.6) is 0 Å². The number of hydrogen-bond acceptors (Lipinski definition) is 4. The number of carbonyl (C=O) groups is 1. The summed E-state index contributed by atoms with van der Waals surface area (Å²) in [6, 6.07) is 11.7. The van der Waals surface area contributed by atoms with Crippen molar-refractivity contribution in [3.05, 3.63) is 75.9 Å². The number of benzene rings is 1. The fraction of sp³-hybridized carbons (Fsp3) is 0.158. The molecule has 0 unspecified atom stereocenters. The van der Waals surface area contributed by atoms with Gasteiger partial charge in [0.25, 0.3) is 5.91 Å². The molecule has 3 aromatic heterocycles. The van der Waals surface area contributed by atoms with Crippen LogP contribution in [0, 0.1) is 13.8 Å². The number of aryl methyl sites for hydroxylation is 1. The molecule has 1 amide bonds. The van der Waals surface area contributed by atoms with Gasteiger partial charge >= 0.3 is 0 Å². The van der Waals surface area contributed by atoms with Gasteiger partial charge < -0.3 is 5.32 Å². The Labute approximate surface area is 164 Å². The van der Waals surface area contributed by atoms with Crippen LogP contribution < -0.4 is 5.32 Å². The minimum absolute atomic E-state index is 0.265. The zero-order valence-corrected chi connectivity index (χ0v) is 16.4. The van der Waals surface area contributed by atoms with E-state index >= 15 is 0 Å². The van der Waals surface area contributed by atoms with E-state index in [4.69, 9.17) is 0 Å². The molecule has 0 atom stereocenters. The highest BCUT2D eigenvalue weighted by Gasteiger charge is 2.19. The number of hydrogen-bond donors (Lipinski definition) is 1. The third-order valence-corrected chi connectivity index (χ3v) is 5.15. The van der Waals surface area contributed by atoms with E-state index in [1.807, 2.05) is 48.9 Å². The van der Waals surface area contributed by atoms with E-state index in [0.717, 1.165) is 22.6 Å². The first-order chi connectivity index (χ1) is 13.1. The van der Waals surface area contributed by atoms with Crippen molar-refractivity contribution in [2.75, 3.05) is 0 Å². The van der Waals surface area contributed by atoms with Crippen molar-refractivity contribution in [1.82, 2.24) is 29.7 Å². The van der Waals surface area contributed by atoms with Gasteiger partial charge in [-0.05, 0) is 48.0 Å². The minimum atomic E-state index is -0.265. The van der Waals surface area contributed by atoms with Crippen molar-refractivity contribution in [3.63, 3.8) is 0 Å². The van der Waals surface area contributed by atoms with Crippen LogP contribution in [0.15, 0.2) is 53.3 Å². The quantitative estimate of drug-likeness (QED) is 0.545. The molecule has 1 aromatic carbocycles. The van der Waals surface area contributed by atoms with Crippen LogP contribution >= 0.6 is 15.9 Å². The first-order valence-electron chi connectivity index (χ1n) is 8.44. The topological polar surface area (TPSA) is 77.1 Å². The number of halogens is 1. The zero-order chi connectivity index (χ0) is 19.0. The predicted octanol–water partition coefficient (Wildman–Crippen LogP) is 3.22. The molecule has 0 aliphatic carbocycles. The highest BCUT2D eigenvalue weighted by Crippen LogP contribution is 2.21. The summed E-state index contributed by atoms with van der Waals surface area (Å²) in [5, 5.41) is 11.8. The molecule has 1 N–H and O–H groups in total. The third-order valence-electron chi connectivity index (χ3n) is 4.42. The molecular formula is C19H17BrN6O. The normalized spacial score (nSPS) is 11.1. The Balaban J connectivity index is 1.57. The molecule has 0 aliphatic heterocycles. The summed E-state index contributed by atoms with van der Waals surface area (Å²) in [5.74, 6) is -0.265. The molecule has 27 heavy (non-hydrogen) atoms. The van der Waals surface area contributed by atoms with Gasteiger partial charge in [0.1, 0.15) is 0 Å². The van der Waals surface area contributed by atoms with Crippen molar-refractivity contribution >= 4 is 27.5 Å². The molecule has 0 aliphatic rings. The van der Waals surface area contributed by atoms with Crippen LogP contribution in [0.25, 0.3) is 11.3 Å². The number of aromatic nitrogens is 5. The Hall–Kier alpha value is -3.00. The van der Waals surface area contributed by atoms with Gasteiger partial charge in [-0.3, -0.25) is 4.79 Å². The second-order valence-corrected chi connectivity index (χ2v) is 6.92. The van der Waals surface area contributed by atoms with E-state index in [2.05, 4.69) is 36.4 Å². The van der Waals surface area contributed by atoms with Gasteiger partial charge in [-0.1, -0.05) is 18.2 Å². The highest BCUT2D eigenvalue weighted by molar-refractivity contribution is 9.10. The first kappa shape index (κ1) is 17.4. The summed E-state index contributed by atoms with van der Waals surface area (Å²) in [6.07, 6.45) is 3.41. The van der Waals surface area contributed by atoms with Crippen LogP contribution in [0.1, 0.15) is 27.4 Å². The molecule has 7 nitrogen and oxygen atoms in total. The van der Waals surface area contributed by atoms with Gasteiger partial charge in [-0.2, -0.15) is 10.2 Å². The van der Waals surface area contributed by atoms with E-state index in [1.165, 1.54) is 0 Å². The maximum Gasteiger partial charge on any atom is 0.273 e. The number of carbonyl (C=O) groups excluding carboxylic acids is 1. The minimum Gasteiger partial charge on any atom is -0.346 e. The second kappa shape index (κ2) is 6.96. The summed E-state index contributed by atoms with van der Waals surface area (Å²) in [5.41, 5.74) is 4.77. The van der Waals surface area contributed by atoms with Crippen LogP contribution in [-0.2, 0) is 6.54 Å². The zero-order valence-electron chi connectivity index (χ0n) is 14.8. The Morgan fingerprint density at radius 2 is 1.93 bits per heavy atom. The smallest absolute Gasteiger partial charge is 0.273 e. The molecule has 0 radical (unpaired) electrons. The summed E-state index contributed by atoms with van der Waals surface area (Å²) >= 11 is 3.42. The van der Waals surface area contributed by atoms with Crippen molar-refractivity contribution in [1.29, 1.82) is 0 Å². The number of rotatable bonds is 4. The number of nitrogens with one attached hydrogen (secondary N) is 1. The van der Waals surface area contributed by atoms with Crippen molar-refractivity contribution in [3.8, 4) is 5.69 Å². The summed E-state index contributed by atoms with van der Waals surface area (Å²) in [7, 11) is 0. The van der Waals surface area contributed by atoms with E-state index in [-0.39, 0.29) is 5.91 Å². The molecular weight excluding hydrogens is 408 g/mol. The molecule has 4 aromatic rings. The van der Waals surface area contributed by atoms with Gasteiger partial charge in [0, 0.05) is 30.2 Å². The molecule has 136 valence electrons. The molecule has 0 saturated carbocycles. The largest absolute Gasteiger partial charge is 0.346 e. The third kappa shape index (κ3) is 3.12. The molecule has 0 saturated heterocycles. The van der Waals surface area contributed by atoms with Crippen LogP contribution in [0.3, 0.4) is 0 Å². The number of nitrogens with zero attached hydrogens (tertiary/aromatic N) is 5. The van der Waals surface area contributed by atoms with Gasteiger partial charge in [0.05, 0.1) is 15.9 Å². The predicted molar refractivity (Wildman–Crippen MR) is 105 cm³/mol. The van der Waals surface area contributed by atoms with Gasteiger partial charge in [-0.15, -0.1) is 0 Å². The van der Waals surface area contributed by atoms with E-state index < -0.39 is 0 Å². The number of amides is 1. The molecule has 4 rings (SSSR count). The van der Waals surface area contributed by atoms with Crippen LogP contribution in [0.2, 0.25) is 0 Å². The summed E-state index contributed by atoms with van der Waals surface area (Å²) < 4.78 is 4.04. The number of para-hydroxylation sites is 1. The number of fused-ring (bicyclic) bond motifs is 1. The lowest BCUT2D eigenvalue weighted by molar-refractivity contribution is 0.0945. The highest BCUT2D eigenvalue weighted by atomic mass is 79.9. The lowest BCUT2D eigenvalue weighted by Crippen LogP contribution is -2.24. The average Bonchev–Trinajstić information content (AvgIpc) is 3.17. The van der Waals surface area contributed by atoms with Gasteiger partial charge in [-0.25, -0.2) is 14.2 Å². The Bertz CT molecular complexity index is 1130. The van der Waals surface area contributed by atoms with E-state index in [9.17, 15) is 4.79 Å². The molecule has 0 spiro atoms. The van der Waals surface area contributed by atoms with Crippen LogP contribution in [-0.4, -0.2) is 30.3 Å². The lowest BCUT2D eigenvalue weighted by atomic mass is 10.2. The maximum atomic E-state index is 12.6. The second-order valence-electron chi connectivity index (χ2n) is 6.13. The SMILES string of the molecule is Cc1nn(-c2ccccc2)c(C)c1CNC(=O)c1nn2cccnc2c1Br. The Morgan fingerprint density at radius 1 is 1.15 bits per heavy atom. The molecule has 0 fully saturated rings. The van der Waals surface area contributed by atoms with Crippen molar-refractivity contribution < 1.29 is 4.79 Å². The van der Waals surface area contributed by atoms with Crippen molar-refractivity contribution in [2.24, 2.45) is 0 Å². The molecule has 0 bridgehead atoms. The Morgan fingerprint density at radius 3 is 2.67 bits per heavy atom. The molecule has 8 heteroatoms. The monoisotopic (exact) mass is 424 g/mol. The van der Waals surface area contributed by atoms with E-state index in [1.54, 1.807) is 23.0 Å². The maximum absolute atomic E-state index is 12.6.